The van der Waals surface area contributed by atoms with Crippen LogP contribution in [0.15, 0.2) is 36.2 Å². The maximum Gasteiger partial charge on any atom is 0.314 e. The van der Waals surface area contributed by atoms with E-state index in [1.54, 1.807) is 0 Å². The smallest absolute Gasteiger partial charge is 0.314 e. The first kappa shape index (κ1) is 18.2. The number of allylic oxidation sites excluding steroid dienone is 2. The Balaban J connectivity index is 1.75. The van der Waals surface area contributed by atoms with Gasteiger partial charge in [-0.2, -0.15) is 9.65 Å². The van der Waals surface area contributed by atoms with E-state index in [0.717, 1.165) is 38.5 Å². The molecule has 1 saturated carbocycles. The van der Waals surface area contributed by atoms with Gasteiger partial charge in [0.15, 0.2) is 5.83 Å². The highest BCUT2D eigenvalue weighted by Gasteiger charge is 2.27. The van der Waals surface area contributed by atoms with Gasteiger partial charge in [0.2, 0.25) is 0 Å². The summed E-state index contributed by atoms with van der Waals surface area (Å²) in [7, 11) is 0. The number of aryl methyl sites for hydroxylation is 1. The summed E-state index contributed by atoms with van der Waals surface area (Å²) in [5, 5.41) is 8.37. The molecule has 2 rings (SSSR count). The van der Waals surface area contributed by atoms with Crippen LogP contribution >= 0.6 is 0 Å². The molecular formula is C20H24FNO2. The Kier molecular flexibility index (Phi) is 6.99. The van der Waals surface area contributed by atoms with Crippen molar-refractivity contribution < 1.29 is 13.9 Å². The number of carbonyl (C=O) groups is 1. The molecule has 0 saturated heterocycles. The number of hydrogen-bond donors (Lipinski definition) is 0. The molecule has 1 aliphatic rings. The van der Waals surface area contributed by atoms with E-state index >= 15 is 0 Å². The number of benzene rings is 1. The van der Waals surface area contributed by atoms with Gasteiger partial charge in [-0.15, -0.1) is 0 Å². The Hall–Kier alpha value is -2.15. The van der Waals surface area contributed by atoms with Gasteiger partial charge in [-0.3, -0.25) is 4.79 Å². The Morgan fingerprint density at radius 1 is 1.29 bits per heavy atom. The van der Waals surface area contributed by atoms with Crippen LogP contribution in [0.2, 0.25) is 0 Å². The van der Waals surface area contributed by atoms with Gasteiger partial charge in [0.25, 0.3) is 0 Å². The summed E-state index contributed by atoms with van der Waals surface area (Å²) >= 11 is 0. The molecule has 0 unspecified atom stereocenters. The first-order valence-corrected chi connectivity index (χ1v) is 8.68. The first-order chi connectivity index (χ1) is 11.6. The Bertz CT molecular complexity index is 608. The molecule has 0 atom stereocenters. The number of rotatable bonds is 6. The van der Waals surface area contributed by atoms with Crippen molar-refractivity contribution in [2.24, 2.45) is 11.8 Å². The van der Waals surface area contributed by atoms with Gasteiger partial charge in [-0.25, -0.2) is 0 Å². The lowest BCUT2D eigenvalue weighted by Crippen LogP contribution is -2.25. The predicted octanol–water partition coefficient (Wildman–Crippen LogP) is 5.12. The van der Waals surface area contributed by atoms with Crippen LogP contribution in [0.4, 0.5) is 4.39 Å². The normalized spacial score (nSPS) is 21.1. The summed E-state index contributed by atoms with van der Waals surface area (Å²) in [6.07, 6.45) is 7.32. The molecule has 0 radical (unpaired) electrons. The molecule has 4 heteroatoms. The lowest BCUT2D eigenvalue weighted by Gasteiger charge is -2.26. The molecule has 1 aliphatic carbocycles. The standard InChI is InChI=1S/C20H24FNO2/c1-2-15-8-12-19(13-9-15)24-20(23)17-10-6-16(7-11-17)4-3-5-18(21)14-22/h5,8-9,12-13,16-17H,2-4,6-7,10-11H2,1H3. The zero-order chi connectivity index (χ0) is 17.4. The summed E-state index contributed by atoms with van der Waals surface area (Å²) in [6.45, 7) is 2.09. The molecule has 0 aromatic heterocycles. The van der Waals surface area contributed by atoms with Gasteiger partial charge in [0.1, 0.15) is 11.8 Å². The predicted molar refractivity (Wildman–Crippen MR) is 90.9 cm³/mol. The second-order valence-corrected chi connectivity index (χ2v) is 6.38. The Morgan fingerprint density at radius 2 is 1.96 bits per heavy atom. The third kappa shape index (κ3) is 5.49. The fraction of sp³-hybridized carbons (Fsp3) is 0.500. The van der Waals surface area contributed by atoms with Crippen LogP contribution in [0, 0.1) is 23.2 Å². The van der Waals surface area contributed by atoms with Crippen molar-refractivity contribution in [3.05, 3.63) is 41.7 Å². The fourth-order valence-electron chi connectivity index (χ4n) is 3.17. The van der Waals surface area contributed by atoms with Gasteiger partial charge >= 0.3 is 5.97 Å². The van der Waals surface area contributed by atoms with Crippen molar-refractivity contribution in [2.45, 2.75) is 51.9 Å². The van der Waals surface area contributed by atoms with E-state index in [1.807, 2.05) is 24.3 Å². The summed E-state index contributed by atoms with van der Waals surface area (Å²) < 4.78 is 18.2. The molecule has 0 bridgehead atoms. The van der Waals surface area contributed by atoms with Crippen LogP contribution in [-0.4, -0.2) is 5.97 Å². The lowest BCUT2D eigenvalue weighted by molar-refractivity contribution is -0.140. The molecule has 1 aromatic rings. The van der Waals surface area contributed by atoms with Gasteiger partial charge in [0.05, 0.1) is 5.92 Å². The van der Waals surface area contributed by atoms with E-state index in [4.69, 9.17) is 10.00 Å². The van der Waals surface area contributed by atoms with E-state index in [1.165, 1.54) is 17.7 Å². The summed E-state index contributed by atoms with van der Waals surface area (Å²) in [4.78, 5) is 12.3. The fourth-order valence-corrected chi connectivity index (χ4v) is 3.17. The van der Waals surface area contributed by atoms with Gasteiger partial charge < -0.3 is 4.74 Å². The average Bonchev–Trinajstić information content (AvgIpc) is 2.62. The minimum Gasteiger partial charge on any atom is -0.426 e. The van der Waals surface area contributed by atoms with Crippen molar-refractivity contribution in [3.8, 4) is 11.8 Å². The quantitative estimate of drug-likeness (QED) is 0.413. The van der Waals surface area contributed by atoms with Crippen LogP contribution in [-0.2, 0) is 11.2 Å². The SMILES string of the molecule is CCc1ccc(OC(=O)C2CCC(CCC=C(F)C#N)CC2)cc1. The van der Waals surface area contributed by atoms with Crippen molar-refractivity contribution in [3.63, 3.8) is 0 Å². The number of nitriles is 1. The molecule has 3 nitrogen and oxygen atoms in total. The number of esters is 1. The topological polar surface area (TPSA) is 50.1 Å². The molecule has 0 amide bonds. The molecule has 1 fully saturated rings. The summed E-state index contributed by atoms with van der Waals surface area (Å²) in [5.74, 6) is 0.213. The van der Waals surface area contributed by atoms with Gasteiger partial charge in [0, 0.05) is 0 Å². The van der Waals surface area contributed by atoms with E-state index in [2.05, 4.69) is 6.92 Å². The molecule has 24 heavy (non-hydrogen) atoms. The molecular weight excluding hydrogens is 305 g/mol. The third-order valence-electron chi connectivity index (χ3n) is 4.74. The number of hydrogen-bond acceptors (Lipinski definition) is 3. The minimum absolute atomic E-state index is 0.0431. The largest absolute Gasteiger partial charge is 0.426 e. The second-order valence-electron chi connectivity index (χ2n) is 6.38. The highest BCUT2D eigenvalue weighted by molar-refractivity contribution is 5.75. The highest BCUT2D eigenvalue weighted by Crippen LogP contribution is 2.32. The maximum absolute atomic E-state index is 12.7. The van der Waals surface area contributed by atoms with Gasteiger partial charge in [-0.1, -0.05) is 19.1 Å². The molecule has 0 aliphatic heterocycles. The number of nitrogens with zero attached hydrogens (tertiary/aromatic N) is 1. The molecule has 0 heterocycles. The zero-order valence-electron chi connectivity index (χ0n) is 14.1. The van der Waals surface area contributed by atoms with E-state index in [9.17, 15) is 9.18 Å². The van der Waals surface area contributed by atoms with Crippen molar-refractivity contribution in [1.82, 2.24) is 0 Å². The van der Waals surface area contributed by atoms with Crippen molar-refractivity contribution in [1.29, 1.82) is 5.26 Å². The Morgan fingerprint density at radius 3 is 2.54 bits per heavy atom. The van der Waals surface area contributed by atoms with Crippen molar-refractivity contribution >= 4 is 5.97 Å². The average molecular weight is 329 g/mol. The van der Waals surface area contributed by atoms with Crippen LogP contribution in [0.25, 0.3) is 0 Å². The monoisotopic (exact) mass is 329 g/mol. The number of ether oxygens (including phenoxy) is 1. The molecule has 0 N–H and O–H groups in total. The van der Waals surface area contributed by atoms with E-state index < -0.39 is 5.83 Å². The van der Waals surface area contributed by atoms with Crippen LogP contribution in [0.3, 0.4) is 0 Å². The van der Waals surface area contributed by atoms with Crippen molar-refractivity contribution in [2.75, 3.05) is 0 Å². The first-order valence-electron chi connectivity index (χ1n) is 8.68. The third-order valence-corrected chi connectivity index (χ3v) is 4.74. The van der Waals surface area contributed by atoms with E-state index in [-0.39, 0.29) is 11.9 Å². The zero-order valence-corrected chi connectivity index (χ0v) is 14.1. The maximum atomic E-state index is 12.7. The number of halogens is 1. The van der Waals surface area contributed by atoms with Crippen LogP contribution < -0.4 is 4.74 Å². The highest BCUT2D eigenvalue weighted by atomic mass is 19.1. The van der Waals surface area contributed by atoms with Crippen LogP contribution in [0.1, 0.15) is 51.0 Å². The van der Waals surface area contributed by atoms with E-state index in [0.29, 0.717) is 18.1 Å². The second kappa shape index (κ2) is 9.22. The van der Waals surface area contributed by atoms with Gasteiger partial charge in [-0.05, 0) is 74.6 Å². The Labute approximate surface area is 143 Å². The lowest BCUT2D eigenvalue weighted by atomic mass is 9.80. The molecule has 1 aromatic carbocycles. The minimum atomic E-state index is -0.707. The molecule has 128 valence electrons. The summed E-state index contributed by atoms with van der Waals surface area (Å²) in [6, 6.07) is 9.14. The summed E-state index contributed by atoms with van der Waals surface area (Å²) in [5.41, 5.74) is 1.22. The molecule has 0 spiro atoms. The van der Waals surface area contributed by atoms with Crippen LogP contribution in [0.5, 0.6) is 5.75 Å². The number of carbonyl (C=O) groups excluding carboxylic acids is 1.